The number of ketones is 2. The summed E-state index contributed by atoms with van der Waals surface area (Å²) in [6.07, 6.45) is -0.945. The molecule has 9 nitrogen and oxygen atoms in total. The number of β-lactam (4-membered cyclic amide) rings is 1. The van der Waals surface area contributed by atoms with Crippen LogP contribution in [0.25, 0.3) is 0 Å². The summed E-state index contributed by atoms with van der Waals surface area (Å²) in [7, 11) is 3.24. The number of para-hydroxylation sites is 1. The smallest absolute Gasteiger partial charge is 0.312 e. The molecule has 1 aliphatic carbocycles. The van der Waals surface area contributed by atoms with Crippen LogP contribution in [0.2, 0.25) is 0 Å². The lowest BCUT2D eigenvalue weighted by molar-refractivity contribution is -0.153. The molecule has 0 saturated carbocycles. The Bertz CT molecular complexity index is 1490. The molecular formula is C32H30N2O7. The standard InChI is InChI=1S/C32H30N2O7/c1-4-40-31(38)25-24(18-33(2)32(25)28(35)22-12-8-9-13-23(22)29(32)36)26-27(41-21-10-6-5-7-11-21)30(37)34(26)19-14-16-20(39-3)17-15-19/h5-17,24-27H,4,18H2,1-3H3/t24-,25-,26-,27+/m0/s1. The van der Waals surface area contributed by atoms with E-state index in [9.17, 15) is 19.2 Å². The number of hydrogen-bond acceptors (Lipinski definition) is 8. The molecule has 0 unspecified atom stereocenters. The van der Waals surface area contributed by atoms with Crippen molar-refractivity contribution in [2.45, 2.75) is 24.6 Å². The summed E-state index contributed by atoms with van der Waals surface area (Å²) in [6.45, 7) is 1.95. The number of esters is 1. The van der Waals surface area contributed by atoms with Gasteiger partial charge in [-0.25, -0.2) is 0 Å². The molecule has 0 N–H and O–H groups in total. The molecule has 3 aliphatic rings. The molecule has 0 radical (unpaired) electrons. The number of amides is 1. The quantitative estimate of drug-likeness (QED) is 0.249. The molecule has 210 valence electrons. The number of fused-ring (bicyclic) bond motifs is 1. The highest BCUT2D eigenvalue weighted by molar-refractivity contribution is 6.34. The van der Waals surface area contributed by atoms with Crippen molar-refractivity contribution in [2.75, 3.05) is 32.2 Å². The van der Waals surface area contributed by atoms with Gasteiger partial charge in [0.2, 0.25) is 0 Å². The predicted molar refractivity (Wildman–Crippen MR) is 149 cm³/mol. The number of benzene rings is 3. The number of hydrogen-bond donors (Lipinski definition) is 0. The fourth-order valence-electron chi connectivity index (χ4n) is 6.72. The Labute approximate surface area is 237 Å². The number of Topliss-reactive ketones (excluding diaryl/α,β-unsaturated/α-hetero) is 2. The lowest BCUT2D eigenvalue weighted by atomic mass is 9.70. The van der Waals surface area contributed by atoms with Crippen LogP contribution < -0.4 is 14.4 Å². The third-order valence-electron chi connectivity index (χ3n) is 8.50. The SMILES string of the molecule is CCOC(=O)[C@@H]1[C@@H]([C@H]2[C@@H](Oc3ccccc3)C(=O)N2c2ccc(OC)cc2)CN(C)C12C(=O)c1ccccc1C2=O. The van der Waals surface area contributed by atoms with Crippen molar-refractivity contribution in [3.05, 3.63) is 90.0 Å². The zero-order valence-electron chi connectivity index (χ0n) is 23.0. The number of ether oxygens (including phenoxy) is 3. The maximum Gasteiger partial charge on any atom is 0.312 e. The third-order valence-corrected chi connectivity index (χ3v) is 8.50. The molecular weight excluding hydrogens is 524 g/mol. The first-order chi connectivity index (χ1) is 19.8. The number of carbonyl (C=O) groups is 4. The van der Waals surface area contributed by atoms with E-state index in [2.05, 4.69) is 0 Å². The van der Waals surface area contributed by atoms with Crippen molar-refractivity contribution >= 4 is 29.1 Å². The molecule has 0 aromatic heterocycles. The normalized spacial score (nSPS) is 24.8. The summed E-state index contributed by atoms with van der Waals surface area (Å²) >= 11 is 0. The van der Waals surface area contributed by atoms with Crippen molar-refractivity contribution in [3.63, 3.8) is 0 Å². The third kappa shape index (κ3) is 3.87. The Morgan fingerprint density at radius 1 is 0.878 bits per heavy atom. The van der Waals surface area contributed by atoms with Crippen LogP contribution in [-0.2, 0) is 14.3 Å². The fourth-order valence-corrected chi connectivity index (χ4v) is 6.72. The Kier molecular flexibility index (Phi) is 6.62. The molecule has 6 rings (SSSR count). The first-order valence-electron chi connectivity index (χ1n) is 13.6. The first-order valence-corrected chi connectivity index (χ1v) is 13.6. The van der Waals surface area contributed by atoms with Gasteiger partial charge in [0, 0.05) is 29.3 Å². The minimum Gasteiger partial charge on any atom is -0.497 e. The minimum atomic E-state index is -1.78. The average molecular weight is 555 g/mol. The van der Waals surface area contributed by atoms with Crippen LogP contribution in [0.5, 0.6) is 11.5 Å². The lowest BCUT2D eigenvalue weighted by Gasteiger charge is -2.50. The van der Waals surface area contributed by atoms with Crippen molar-refractivity contribution in [1.29, 1.82) is 0 Å². The largest absolute Gasteiger partial charge is 0.497 e. The monoisotopic (exact) mass is 554 g/mol. The molecule has 41 heavy (non-hydrogen) atoms. The average Bonchev–Trinajstić information content (AvgIpc) is 3.42. The van der Waals surface area contributed by atoms with Crippen LogP contribution in [0.4, 0.5) is 5.69 Å². The van der Waals surface area contributed by atoms with Crippen LogP contribution in [0.15, 0.2) is 78.9 Å². The number of methoxy groups -OCH3 is 1. The topological polar surface area (TPSA) is 102 Å². The maximum atomic E-state index is 14.1. The molecule has 0 bridgehead atoms. The predicted octanol–water partition coefficient (Wildman–Crippen LogP) is 3.42. The van der Waals surface area contributed by atoms with Crippen molar-refractivity contribution < 1.29 is 33.4 Å². The van der Waals surface area contributed by atoms with E-state index in [1.807, 2.05) is 18.2 Å². The van der Waals surface area contributed by atoms with Crippen molar-refractivity contribution in [2.24, 2.45) is 11.8 Å². The van der Waals surface area contributed by atoms with Gasteiger partial charge >= 0.3 is 5.97 Å². The molecule has 1 spiro atoms. The number of nitrogens with zero attached hydrogens (tertiary/aromatic N) is 2. The summed E-state index contributed by atoms with van der Waals surface area (Å²) in [5.41, 5.74) is -0.615. The number of rotatable bonds is 7. The summed E-state index contributed by atoms with van der Waals surface area (Å²) in [4.78, 5) is 59.0. The number of likely N-dealkylation sites (N-methyl/N-ethyl adjacent to an activating group) is 1. The van der Waals surface area contributed by atoms with Gasteiger partial charge < -0.3 is 19.1 Å². The second-order valence-corrected chi connectivity index (χ2v) is 10.5. The highest BCUT2D eigenvalue weighted by Crippen LogP contribution is 2.52. The van der Waals surface area contributed by atoms with Gasteiger partial charge in [0.15, 0.2) is 23.2 Å². The van der Waals surface area contributed by atoms with Gasteiger partial charge in [-0.05, 0) is 50.4 Å². The molecule has 2 saturated heterocycles. The maximum absolute atomic E-state index is 14.1. The molecule has 2 fully saturated rings. The summed E-state index contributed by atoms with van der Waals surface area (Å²) < 4.78 is 17.0. The second-order valence-electron chi connectivity index (χ2n) is 10.5. The van der Waals surface area contributed by atoms with Crippen LogP contribution in [-0.4, -0.2) is 73.3 Å². The van der Waals surface area contributed by atoms with E-state index < -0.39 is 47.1 Å². The van der Waals surface area contributed by atoms with Crippen LogP contribution >= 0.6 is 0 Å². The van der Waals surface area contributed by atoms with E-state index in [1.165, 1.54) is 0 Å². The van der Waals surface area contributed by atoms with Gasteiger partial charge in [-0.2, -0.15) is 0 Å². The van der Waals surface area contributed by atoms with Gasteiger partial charge in [-0.3, -0.25) is 24.1 Å². The Morgan fingerprint density at radius 2 is 1.49 bits per heavy atom. The lowest BCUT2D eigenvalue weighted by Crippen LogP contribution is -2.71. The van der Waals surface area contributed by atoms with Gasteiger partial charge in [0.25, 0.3) is 5.91 Å². The highest BCUT2D eigenvalue weighted by atomic mass is 16.5. The Morgan fingerprint density at radius 3 is 2.07 bits per heavy atom. The fraction of sp³-hybridized carbons (Fsp3) is 0.312. The van der Waals surface area contributed by atoms with Crippen LogP contribution in [0.3, 0.4) is 0 Å². The van der Waals surface area contributed by atoms with E-state index in [-0.39, 0.29) is 30.2 Å². The van der Waals surface area contributed by atoms with Gasteiger partial charge in [0.1, 0.15) is 11.5 Å². The summed E-state index contributed by atoms with van der Waals surface area (Å²) in [6, 6.07) is 22.0. The zero-order valence-corrected chi connectivity index (χ0v) is 23.0. The molecule has 1 amide bonds. The first kappa shape index (κ1) is 26.7. The molecule has 3 aromatic rings. The van der Waals surface area contributed by atoms with Gasteiger partial charge in [0.05, 0.1) is 25.7 Å². The number of anilines is 1. The minimum absolute atomic E-state index is 0.0763. The number of carbonyl (C=O) groups excluding carboxylic acids is 4. The highest BCUT2D eigenvalue weighted by Gasteiger charge is 2.72. The van der Waals surface area contributed by atoms with E-state index in [0.29, 0.717) is 17.2 Å². The van der Waals surface area contributed by atoms with Crippen molar-refractivity contribution in [3.8, 4) is 11.5 Å². The van der Waals surface area contributed by atoms with Gasteiger partial charge in [-0.1, -0.05) is 42.5 Å². The summed E-state index contributed by atoms with van der Waals surface area (Å²) in [5.74, 6) is -2.49. The molecule has 2 heterocycles. The van der Waals surface area contributed by atoms with E-state index in [1.54, 1.807) is 91.5 Å². The van der Waals surface area contributed by atoms with E-state index in [4.69, 9.17) is 14.2 Å². The number of likely N-dealkylation sites (tertiary alicyclic amines) is 1. The second kappa shape index (κ2) is 10.2. The molecule has 3 aromatic carbocycles. The zero-order chi connectivity index (χ0) is 28.9. The summed E-state index contributed by atoms with van der Waals surface area (Å²) in [5, 5.41) is 0. The van der Waals surface area contributed by atoms with Crippen LogP contribution in [0.1, 0.15) is 27.6 Å². The van der Waals surface area contributed by atoms with E-state index in [0.717, 1.165) is 0 Å². The molecule has 4 atom stereocenters. The van der Waals surface area contributed by atoms with Crippen LogP contribution in [0, 0.1) is 11.8 Å². The Balaban J connectivity index is 1.47. The van der Waals surface area contributed by atoms with E-state index >= 15 is 0 Å². The molecule has 2 aliphatic heterocycles. The van der Waals surface area contributed by atoms with Gasteiger partial charge in [-0.15, -0.1) is 0 Å². The van der Waals surface area contributed by atoms with Crippen molar-refractivity contribution in [1.82, 2.24) is 4.90 Å². The Hall–Kier alpha value is -4.50. The molecule has 9 heteroatoms.